The van der Waals surface area contributed by atoms with Crippen LogP contribution in [0.2, 0.25) is 10.0 Å². The maximum absolute atomic E-state index is 13.5. The molecule has 2 fully saturated rings. The lowest BCUT2D eigenvalue weighted by Gasteiger charge is -2.50. The van der Waals surface area contributed by atoms with Crippen LogP contribution in [0.4, 0.5) is 11.4 Å². The van der Waals surface area contributed by atoms with E-state index < -0.39 is 53.6 Å². The van der Waals surface area contributed by atoms with Gasteiger partial charge in [-0.05, 0) is 222 Å². The number of Topliss-reactive ketones (excluding diaryl/α,β-unsaturated/α-hetero) is 2. The summed E-state index contributed by atoms with van der Waals surface area (Å²) in [6.45, 7) is 14.1. The summed E-state index contributed by atoms with van der Waals surface area (Å²) in [6, 6.07) is 22.6. The van der Waals surface area contributed by atoms with E-state index >= 15 is 0 Å². The van der Waals surface area contributed by atoms with Crippen molar-refractivity contribution in [2.45, 2.75) is 202 Å². The number of fused-ring (bicyclic) bond motifs is 8. The molecule has 16 nitrogen and oxygen atoms in total. The number of aryl methyl sites for hydroxylation is 2. The fourth-order valence-corrected chi connectivity index (χ4v) is 19.9. The van der Waals surface area contributed by atoms with Crippen LogP contribution in [0.3, 0.4) is 0 Å². The fraction of sp³-hybridized carbons (Fsp3) is 0.611. The first-order chi connectivity index (χ1) is 43.7. The van der Waals surface area contributed by atoms with E-state index in [0.717, 1.165) is 75.6 Å². The molecule has 0 unspecified atom stereocenters. The van der Waals surface area contributed by atoms with Crippen molar-refractivity contribution in [1.82, 2.24) is 9.44 Å². The molecule has 4 bridgehead atoms. The fourth-order valence-electron chi connectivity index (χ4n) is 16.9. The summed E-state index contributed by atoms with van der Waals surface area (Å²) in [6.07, 6.45) is 13.4. The summed E-state index contributed by atoms with van der Waals surface area (Å²) in [5.74, 6) is -0.239. The number of carbonyl (C=O) groups excluding carboxylic acids is 4. The third-order valence-electron chi connectivity index (χ3n) is 23.1. The van der Waals surface area contributed by atoms with Gasteiger partial charge in [0.25, 0.3) is 11.8 Å². The molecule has 0 radical (unpaired) electrons. The zero-order chi connectivity index (χ0) is 65.7. The Kier molecular flexibility index (Phi) is 20.1. The molecular weight excluding hydrogens is 1250 g/mol. The van der Waals surface area contributed by atoms with Gasteiger partial charge in [0.05, 0.1) is 46.3 Å². The summed E-state index contributed by atoms with van der Waals surface area (Å²) in [5, 5.41) is 24.3. The minimum Gasteiger partial charge on any atom is -0.490 e. The molecule has 4 aromatic carbocycles. The number of hydrogen-bond acceptors (Lipinski definition) is 14. The normalized spacial score (nSPS) is 32.6. The van der Waals surface area contributed by atoms with E-state index in [2.05, 4.69) is 43.5 Å². The van der Waals surface area contributed by atoms with Gasteiger partial charge in [-0.15, -0.1) is 0 Å². The Labute approximate surface area is 554 Å². The molecule has 2 amide bonds. The Balaban J connectivity index is 0.000000188. The van der Waals surface area contributed by atoms with Crippen molar-refractivity contribution in [3.63, 3.8) is 0 Å². The number of carbonyl (C=O) groups is 4. The smallest absolute Gasteiger partial charge is 0.264 e. The summed E-state index contributed by atoms with van der Waals surface area (Å²) < 4.78 is 71.2. The molecule has 4 heterocycles. The van der Waals surface area contributed by atoms with Crippen LogP contribution in [-0.2, 0) is 53.3 Å². The highest BCUT2D eigenvalue weighted by molar-refractivity contribution is 7.91. The van der Waals surface area contributed by atoms with E-state index in [9.17, 15) is 46.2 Å². The van der Waals surface area contributed by atoms with Crippen molar-refractivity contribution < 1.29 is 55.7 Å². The Morgan fingerprint density at radius 3 is 1.33 bits per heavy atom. The van der Waals surface area contributed by atoms with Gasteiger partial charge in [-0.2, -0.15) is 0 Å². The molecule has 20 heteroatoms. The van der Waals surface area contributed by atoms with Crippen molar-refractivity contribution in [2.24, 2.45) is 35.5 Å². The van der Waals surface area contributed by atoms with Gasteiger partial charge in [0.15, 0.2) is 0 Å². The van der Waals surface area contributed by atoms with Crippen LogP contribution >= 0.6 is 23.2 Å². The van der Waals surface area contributed by atoms with Crippen molar-refractivity contribution >= 4 is 78.0 Å². The highest BCUT2D eigenvalue weighted by Crippen LogP contribution is 2.53. The first-order valence-corrected chi connectivity index (χ1v) is 37.7. The molecule has 92 heavy (non-hydrogen) atoms. The summed E-state index contributed by atoms with van der Waals surface area (Å²) in [4.78, 5) is 57.1. The van der Waals surface area contributed by atoms with E-state index in [1.807, 2.05) is 39.8 Å². The van der Waals surface area contributed by atoms with Crippen molar-refractivity contribution in [1.29, 1.82) is 0 Å². The molecule has 500 valence electrons. The van der Waals surface area contributed by atoms with Gasteiger partial charge in [0.1, 0.15) is 23.1 Å². The summed E-state index contributed by atoms with van der Waals surface area (Å²) in [7, 11) is -7.94. The van der Waals surface area contributed by atoms with Crippen molar-refractivity contribution in [3.8, 4) is 11.5 Å². The lowest BCUT2D eigenvalue weighted by atomic mass is 9.61. The summed E-state index contributed by atoms with van der Waals surface area (Å²) in [5.41, 5.74) is 3.97. The van der Waals surface area contributed by atoms with Gasteiger partial charge in [0, 0.05) is 83.9 Å². The second-order valence-electron chi connectivity index (χ2n) is 28.9. The van der Waals surface area contributed by atoms with E-state index in [4.69, 9.17) is 32.7 Å². The minimum absolute atomic E-state index is 0.0452. The average molecular weight is 1340 g/mol. The van der Waals surface area contributed by atoms with Crippen LogP contribution in [0.5, 0.6) is 11.5 Å². The first-order valence-electron chi connectivity index (χ1n) is 33.9. The Hall–Kier alpha value is -5.24. The van der Waals surface area contributed by atoms with E-state index in [1.54, 1.807) is 50.2 Å². The molecule has 0 aromatic heterocycles. The van der Waals surface area contributed by atoms with Gasteiger partial charge in [-0.25, -0.2) is 26.3 Å². The molecule has 2 saturated carbocycles. The maximum atomic E-state index is 13.5. The molecule has 4 aliphatic heterocycles. The number of benzene rings is 4. The SMILES string of the molecule is CCC(=O)C[C@@]1(O)CCC[C@H](C)[C@@H](C)S(=O)(=O)NC(=O)c2ccc3c(c2)N(C[C@@H]2CC[C@H]21)C[C@@]1(CCCc2cc(Cl)ccc21)CO3.CCC(=O)C[C@]1(O)CCC[C@H](C)[C@@H](C)S(=O)(=O)NC(=O)c2ccc3c(c2)N(C[C@@H]2CC[C@H]21)C[C@@]1(CCCc2cc(Cl)ccc21)CO3. The highest BCUT2D eigenvalue weighted by Gasteiger charge is 2.52. The number of hydrogen-bond donors (Lipinski definition) is 4. The van der Waals surface area contributed by atoms with Crippen LogP contribution < -0.4 is 28.7 Å². The second-order valence-corrected chi connectivity index (χ2v) is 33.9. The Bertz CT molecular complexity index is 3460. The predicted octanol–water partition coefficient (Wildman–Crippen LogP) is 12.4. The number of ether oxygens (including phenoxy) is 2. The summed E-state index contributed by atoms with van der Waals surface area (Å²) >= 11 is 12.8. The van der Waals surface area contributed by atoms with E-state index in [-0.39, 0.29) is 81.9 Å². The van der Waals surface area contributed by atoms with E-state index in [1.165, 1.54) is 22.3 Å². The van der Waals surface area contributed by atoms with Crippen LogP contribution in [0.15, 0.2) is 72.8 Å². The first kappa shape index (κ1) is 68.2. The molecule has 4 aliphatic carbocycles. The molecule has 2 spiro atoms. The van der Waals surface area contributed by atoms with Crippen molar-refractivity contribution in [2.75, 3.05) is 49.2 Å². The number of rotatable bonds is 6. The number of sulfonamides is 2. The van der Waals surface area contributed by atoms with Crippen LogP contribution in [-0.4, -0.2) is 112 Å². The van der Waals surface area contributed by atoms with Gasteiger partial charge in [-0.3, -0.25) is 19.2 Å². The Morgan fingerprint density at radius 2 is 0.957 bits per heavy atom. The average Bonchev–Trinajstić information content (AvgIpc) is 1.35. The predicted molar refractivity (Wildman–Crippen MR) is 360 cm³/mol. The molecule has 8 aliphatic rings. The maximum Gasteiger partial charge on any atom is 0.264 e. The largest absolute Gasteiger partial charge is 0.490 e. The third-order valence-corrected chi connectivity index (χ3v) is 27.4. The quantitative estimate of drug-likeness (QED) is 0.141. The highest BCUT2D eigenvalue weighted by atomic mass is 35.5. The number of aliphatic hydroxyl groups is 2. The zero-order valence-corrected chi connectivity index (χ0v) is 57.5. The minimum atomic E-state index is -3.97. The number of nitrogens with zero attached hydrogens (tertiary/aromatic N) is 2. The van der Waals surface area contributed by atoms with Gasteiger partial charge in [0.2, 0.25) is 20.0 Å². The van der Waals surface area contributed by atoms with Crippen LogP contribution in [0, 0.1) is 35.5 Å². The molecule has 0 saturated heterocycles. The monoisotopic (exact) mass is 1340 g/mol. The van der Waals surface area contributed by atoms with Crippen LogP contribution in [0.1, 0.15) is 200 Å². The number of ketones is 2. The topological polar surface area (TPSA) is 226 Å². The molecule has 12 rings (SSSR count). The number of nitrogens with one attached hydrogen (secondary N) is 2. The molecular formula is C72H94Cl2N4O12S2. The zero-order valence-electron chi connectivity index (χ0n) is 54.4. The Morgan fingerprint density at radius 1 is 0.554 bits per heavy atom. The number of anilines is 2. The van der Waals surface area contributed by atoms with Crippen LogP contribution in [0.25, 0.3) is 0 Å². The number of amides is 2. The number of halogens is 2. The molecule has 12 atom stereocenters. The standard InChI is InChI=1S/2C36H47ClN2O6S/c2*1-4-29(40)19-36(42)16-5-7-23(2)24(3)46(43,44)38-34(41)26-10-14-33-32(18-26)39(20-27-9-12-31(27)36)21-35(22-45-33)15-6-8-25-17-28(37)11-13-30(25)35/h2*10-11,13-14,17-18,23-24,27,31,42H,4-9,12,15-16,19-22H2,1-3H3,(H,38,41)/t23-,24+,27-,31+,35-,36+;23-,24+,27-,31+,35-,36-/m00/s1. The molecule has 4 aromatic rings. The van der Waals surface area contributed by atoms with Gasteiger partial charge < -0.3 is 29.5 Å². The third kappa shape index (κ3) is 13.9. The van der Waals surface area contributed by atoms with E-state index in [0.29, 0.717) is 112 Å². The lowest BCUT2D eigenvalue weighted by Crippen LogP contribution is -2.53. The lowest BCUT2D eigenvalue weighted by molar-refractivity contribution is -0.135. The van der Waals surface area contributed by atoms with Gasteiger partial charge in [-0.1, -0.05) is 75.9 Å². The van der Waals surface area contributed by atoms with Gasteiger partial charge >= 0.3 is 0 Å². The second kappa shape index (κ2) is 27.1. The molecule has 4 N–H and O–H groups in total. The van der Waals surface area contributed by atoms with Crippen molar-refractivity contribution in [3.05, 3.63) is 116 Å².